The van der Waals surface area contributed by atoms with E-state index in [1.807, 2.05) is 0 Å². The maximum Gasteiger partial charge on any atom is 0.326 e. The molecular formula is C17H18N2O5. The van der Waals surface area contributed by atoms with Crippen molar-refractivity contribution >= 4 is 23.7 Å². The standard InChI is InChI=1S/C17H18N2O5/c1-3-4-5-13(17(23)24)18-14(20)9-19-15(21)11-7-6-10(2)8-12(11)16(19)22/h3-4,6-8,13H,5,9H2,1-2H3,(H,18,20)(H,23,24)/b4-3+. The van der Waals surface area contributed by atoms with Gasteiger partial charge in [-0.25, -0.2) is 4.79 Å². The molecule has 24 heavy (non-hydrogen) atoms. The zero-order valence-corrected chi connectivity index (χ0v) is 13.4. The van der Waals surface area contributed by atoms with Gasteiger partial charge in [-0.15, -0.1) is 0 Å². The summed E-state index contributed by atoms with van der Waals surface area (Å²) < 4.78 is 0. The summed E-state index contributed by atoms with van der Waals surface area (Å²) in [6, 6.07) is 3.76. The van der Waals surface area contributed by atoms with Crippen LogP contribution in [0.2, 0.25) is 0 Å². The van der Waals surface area contributed by atoms with Crippen molar-refractivity contribution in [2.45, 2.75) is 26.3 Å². The number of carbonyl (C=O) groups excluding carboxylic acids is 3. The molecule has 1 heterocycles. The lowest BCUT2D eigenvalue weighted by molar-refractivity contribution is -0.141. The number of carboxylic acid groups (broad SMARTS) is 1. The molecule has 0 aromatic heterocycles. The van der Waals surface area contributed by atoms with E-state index in [9.17, 15) is 19.2 Å². The fraction of sp³-hybridized carbons (Fsp3) is 0.294. The van der Waals surface area contributed by atoms with E-state index in [0.29, 0.717) is 0 Å². The first-order chi connectivity index (χ1) is 11.3. The van der Waals surface area contributed by atoms with Crippen LogP contribution in [0, 0.1) is 6.92 Å². The molecule has 0 radical (unpaired) electrons. The second kappa shape index (κ2) is 7.08. The average Bonchev–Trinajstić information content (AvgIpc) is 2.75. The second-order valence-electron chi connectivity index (χ2n) is 5.51. The van der Waals surface area contributed by atoms with Gasteiger partial charge in [0.15, 0.2) is 0 Å². The van der Waals surface area contributed by atoms with Gasteiger partial charge < -0.3 is 10.4 Å². The minimum atomic E-state index is -1.18. The fourth-order valence-electron chi connectivity index (χ4n) is 2.43. The number of fused-ring (bicyclic) bond motifs is 1. The van der Waals surface area contributed by atoms with Crippen molar-refractivity contribution in [3.05, 3.63) is 47.0 Å². The van der Waals surface area contributed by atoms with Crippen molar-refractivity contribution in [1.82, 2.24) is 10.2 Å². The van der Waals surface area contributed by atoms with Crippen LogP contribution in [0.1, 0.15) is 39.6 Å². The molecule has 0 saturated heterocycles. The molecule has 7 nitrogen and oxygen atoms in total. The van der Waals surface area contributed by atoms with Crippen LogP contribution in [-0.4, -0.2) is 46.3 Å². The van der Waals surface area contributed by atoms with Crippen molar-refractivity contribution in [2.24, 2.45) is 0 Å². The molecule has 1 aliphatic heterocycles. The summed E-state index contributed by atoms with van der Waals surface area (Å²) in [6.07, 6.45) is 3.41. The van der Waals surface area contributed by atoms with Gasteiger partial charge >= 0.3 is 5.97 Å². The van der Waals surface area contributed by atoms with Gasteiger partial charge in [-0.3, -0.25) is 19.3 Å². The van der Waals surface area contributed by atoms with E-state index < -0.39 is 36.3 Å². The Bertz CT molecular complexity index is 738. The lowest BCUT2D eigenvalue weighted by Crippen LogP contribution is -2.46. The maximum absolute atomic E-state index is 12.3. The SMILES string of the molecule is C/C=C/CC(NC(=O)CN1C(=O)c2ccc(C)cc2C1=O)C(=O)O. The largest absolute Gasteiger partial charge is 0.480 e. The molecule has 0 bridgehead atoms. The van der Waals surface area contributed by atoms with Crippen LogP contribution in [-0.2, 0) is 9.59 Å². The number of rotatable bonds is 6. The Labute approximate surface area is 139 Å². The van der Waals surface area contributed by atoms with Crippen molar-refractivity contribution < 1.29 is 24.3 Å². The van der Waals surface area contributed by atoms with Crippen molar-refractivity contribution in [1.29, 1.82) is 0 Å². The number of amides is 3. The first kappa shape index (κ1) is 17.4. The summed E-state index contributed by atoms with van der Waals surface area (Å²) >= 11 is 0. The maximum atomic E-state index is 12.3. The molecule has 0 spiro atoms. The second-order valence-corrected chi connectivity index (χ2v) is 5.51. The lowest BCUT2D eigenvalue weighted by Gasteiger charge is -2.16. The number of allylic oxidation sites excluding steroid dienone is 1. The molecule has 0 saturated carbocycles. The highest BCUT2D eigenvalue weighted by molar-refractivity contribution is 6.22. The molecule has 1 aromatic carbocycles. The molecular weight excluding hydrogens is 312 g/mol. The number of carbonyl (C=O) groups is 4. The molecule has 3 amide bonds. The summed E-state index contributed by atoms with van der Waals surface area (Å²) in [5, 5.41) is 11.4. The fourth-order valence-corrected chi connectivity index (χ4v) is 2.43. The van der Waals surface area contributed by atoms with E-state index in [2.05, 4.69) is 5.32 Å². The number of hydrogen-bond donors (Lipinski definition) is 2. The lowest BCUT2D eigenvalue weighted by atomic mass is 10.1. The third-order valence-electron chi connectivity index (χ3n) is 3.67. The molecule has 0 aliphatic carbocycles. The highest BCUT2D eigenvalue weighted by atomic mass is 16.4. The molecule has 2 N–H and O–H groups in total. The number of nitrogens with zero attached hydrogens (tertiary/aromatic N) is 1. The van der Waals surface area contributed by atoms with Gasteiger partial charge in [-0.1, -0.05) is 23.8 Å². The van der Waals surface area contributed by atoms with Crippen LogP contribution < -0.4 is 5.32 Å². The summed E-state index contributed by atoms with van der Waals surface area (Å²) in [5.41, 5.74) is 1.34. The average molecular weight is 330 g/mol. The van der Waals surface area contributed by atoms with Crippen molar-refractivity contribution in [3.8, 4) is 0 Å². The Morgan fingerprint density at radius 3 is 2.54 bits per heavy atom. The van der Waals surface area contributed by atoms with E-state index in [0.717, 1.165) is 10.5 Å². The van der Waals surface area contributed by atoms with Crippen LogP contribution in [0.15, 0.2) is 30.4 Å². The Kier molecular flexibility index (Phi) is 5.13. The third-order valence-corrected chi connectivity index (χ3v) is 3.67. The van der Waals surface area contributed by atoms with Crippen LogP contribution in [0.3, 0.4) is 0 Å². The zero-order valence-electron chi connectivity index (χ0n) is 13.4. The number of benzene rings is 1. The van der Waals surface area contributed by atoms with Gasteiger partial charge in [-0.05, 0) is 32.4 Å². The summed E-state index contributed by atoms with van der Waals surface area (Å²) in [6.45, 7) is 3.03. The normalized spacial score (nSPS) is 14.8. The monoisotopic (exact) mass is 330 g/mol. The number of imide groups is 1. The minimum Gasteiger partial charge on any atom is -0.480 e. The number of carboxylic acids is 1. The van der Waals surface area contributed by atoms with Gasteiger partial charge in [0.25, 0.3) is 11.8 Å². The summed E-state index contributed by atoms with van der Waals surface area (Å²) in [7, 11) is 0. The quantitative estimate of drug-likeness (QED) is 0.601. The number of aliphatic carboxylic acids is 1. The summed E-state index contributed by atoms with van der Waals surface area (Å²) in [4.78, 5) is 48.5. The highest BCUT2D eigenvalue weighted by Gasteiger charge is 2.37. The van der Waals surface area contributed by atoms with Gasteiger partial charge in [0.1, 0.15) is 12.6 Å². The third kappa shape index (κ3) is 3.51. The van der Waals surface area contributed by atoms with Gasteiger partial charge in [0.05, 0.1) is 11.1 Å². The zero-order chi connectivity index (χ0) is 17.9. The van der Waals surface area contributed by atoms with E-state index in [1.54, 1.807) is 44.2 Å². The molecule has 1 aromatic rings. The smallest absolute Gasteiger partial charge is 0.326 e. The predicted octanol–water partition coefficient (Wildman–Crippen LogP) is 1.13. The molecule has 7 heteroatoms. The number of hydrogen-bond acceptors (Lipinski definition) is 4. The molecule has 2 rings (SSSR count). The van der Waals surface area contributed by atoms with Gasteiger partial charge in [0.2, 0.25) is 5.91 Å². The number of aryl methyl sites for hydroxylation is 1. The van der Waals surface area contributed by atoms with Gasteiger partial charge in [-0.2, -0.15) is 0 Å². The Morgan fingerprint density at radius 1 is 1.25 bits per heavy atom. The minimum absolute atomic E-state index is 0.124. The Morgan fingerprint density at radius 2 is 1.92 bits per heavy atom. The molecule has 1 unspecified atom stereocenters. The van der Waals surface area contributed by atoms with Crippen LogP contribution in [0.5, 0.6) is 0 Å². The summed E-state index contributed by atoms with van der Waals surface area (Å²) in [5.74, 6) is -2.97. The first-order valence-electron chi connectivity index (χ1n) is 7.45. The van der Waals surface area contributed by atoms with E-state index in [-0.39, 0.29) is 17.5 Å². The molecule has 0 fully saturated rings. The predicted molar refractivity (Wildman–Crippen MR) is 85.5 cm³/mol. The highest BCUT2D eigenvalue weighted by Crippen LogP contribution is 2.23. The van der Waals surface area contributed by atoms with Crippen LogP contribution in [0.4, 0.5) is 0 Å². The van der Waals surface area contributed by atoms with Crippen LogP contribution >= 0.6 is 0 Å². The molecule has 1 aliphatic rings. The topological polar surface area (TPSA) is 104 Å². The van der Waals surface area contributed by atoms with Crippen LogP contribution in [0.25, 0.3) is 0 Å². The Hall–Kier alpha value is -2.96. The molecule has 126 valence electrons. The van der Waals surface area contributed by atoms with E-state index >= 15 is 0 Å². The van der Waals surface area contributed by atoms with E-state index in [4.69, 9.17) is 5.11 Å². The first-order valence-corrected chi connectivity index (χ1v) is 7.45. The number of nitrogens with one attached hydrogen (secondary N) is 1. The van der Waals surface area contributed by atoms with Crippen molar-refractivity contribution in [3.63, 3.8) is 0 Å². The Balaban J connectivity index is 2.08. The van der Waals surface area contributed by atoms with E-state index in [1.165, 1.54) is 0 Å². The van der Waals surface area contributed by atoms with Crippen molar-refractivity contribution in [2.75, 3.05) is 6.54 Å². The van der Waals surface area contributed by atoms with Gasteiger partial charge in [0, 0.05) is 0 Å². The molecule has 1 atom stereocenters.